The largest absolute Gasteiger partial charge is 0.497 e. The molecule has 9 heteroatoms. The quantitative estimate of drug-likeness (QED) is 0.277. The Balaban J connectivity index is 1.43. The third kappa shape index (κ3) is 6.13. The van der Waals surface area contributed by atoms with Gasteiger partial charge in [0, 0.05) is 12.1 Å². The van der Waals surface area contributed by atoms with Crippen molar-refractivity contribution in [2.24, 2.45) is 5.92 Å². The van der Waals surface area contributed by atoms with Crippen molar-refractivity contribution in [1.82, 2.24) is 24.9 Å². The minimum Gasteiger partial charge on any atom is -0.497 e. The maximum absolute atomic E-state index is 5.90. The van der Waals surface area contributed by atoms with E-state index in [-0.39, 0.29) is 0 Å². The van der Waals surface area contributed by atoms with Crippen LogP contribution in [-0.4, -0.2) is 32.0 Å². The maximum Gasteiger partial charge on any atom is 0.237 e. The van der Waals surface area contributed by atoms with Crippen LogP contribution in [0.1, 0.15) is 32.0 Å². The van der Waals surface area contributed by atoms with Gasteiger partial charge < -0.3 is 18.6 Å². The number of benzene rings is 2. The van der Waals surface area contributed by atoms with Crippen LogP contribution >= 0.6 is 11.8 Å². The van der Waals surface area contributed by atoms with E-state index >= 15 is 0 Å². The molecule has 0 atom stereocenters. The summed E-state index contributed by atoms with van der Waals surface area (Å²) in [7, 11) is 1.64. The van der Waals surface area contributed by atoms with Crippen LogP contribution in [0.3, 0.4) is 0 Å². The van der Waals surface area contributed by atoms with Crippen molar-refractivity contribution < 1.29 is 14.0 Å². The zero-order chi connectivity index (χ0) is 23.0. The number of nitrogens with zero attached hydrogens (tertiary/aromatic N) is 5. The van der Waals surface area contributed by atoms with Crippen molar-refractivity contribution in [2.75, 3.05) is 7.11 Å². The van der Waals surface area contributed by atoms with Gasteiger partial charge in [0.25, 0.3) is 0 Å². The molecular formula is C24H27N5O3S. The number of ether oxygens (including phenoxy) is 2. The summed E-state index contributed by atoms with van der Waals surface area (Å²) in [5.74, 6) is 4.54. The minimum atomic E-state index is 0.359. The van der Waals surface area contributed by atoms with E-state index in [0.29, 0.717) is 30.0 Å². The molecule has 0 amide bonds. The lowest BCUT2D eigenvalue weighted by molar-refractivity contribution is 0.285. The van der Waals surface area contributed by atoms with Crippen LogP contribution < -0.4 is 9.47 Å². The second-order valence-corrected chi connectivity index (χ2v) is 8.81. The Morgan fingerprint density at radius 2 is 1.79 bits per heavy atom. The van der Waals surface area contributed by atoms with Gasteiger partial charge in [0.2, 0.25) is 11.7 Å². The van der Waals surface area contributed by atoms with E-state index in [0.717, 1.165) is 41.0 Å². The molecule has 2 aromatic heterocycles. The van der Waals surface area contributed by atoms with Crippen LogP contribution in [0.2, 0.25) is 0 Å². The highest BCUT2D eigenvalue weighted by atomic mass is 32.2. The van der Waals surface area contributed by atoms with Gasteiger partial charge in [-0.05, 0) is 48.7 Å². The number of hydrogen-bond acceptors (Lipinski definition) is 8. The highest BCUT2D eigenvalue weighted by Gasteiger charge is 2.16. The molecule has 0 saturated carbocycles. The van der Waals surface area contributed by atoms with Crippen LogP contribution in [0.25, 0.3) is 11.4 Å². The zero-order valence-corrected chi connectivity index (χ0v) is 19.8. The SMILES string of the molecule is COc1ccc(-c2noc(CSc3nnc(COc4ccccc4)n3CCC(C)C)n2)cc1. The standard InChI is InChI=1S/C24H27N5O3S/c1-17(2)13-14-29-21(15-31-20-7-5-4-6-8-20)26-27-24(29)33-16-22-25-23(28-32-22)18-9-11-19(30-3)12-10-18/h4-12,17H,13-16H2,1-3H3. The number of aromatic nitrogens is 5. The lowest BCUT2D eigenvalue weighted by Gasteiger charge is -2.12. The van der Waals surface area contributed by atoms with Crippen LogP contribution in [0.4, 0.5) is 0 Å². The van der Waals surface area contributed by atoms with E-state index in [9.17, 15) is 0 Å². The van der Waals surface area contributed by atoms with Gasteiger partial charge in [0.15, 0.2) is 11.0 Å². The molecule has 8 nitrogen and oxygen atoms in total. The van der Waals surface area contributed by atoms with Gasteiger partial charge >= 0.3 is 0 Å². The number of thioether (sulfide) groups is 1. The van der Waals surface area contributed by atoms with Crippen molar-refractivity contribution in [3.05, 3.63) is 66.3 Å². The number of methoxy groups -OCH3 is 1. The van der Waals surface area contributed by atoms with E-state index in [4.69, 9.17) is 14.0 Å². The summed E-state index contributed by atoms with van der Waals surface area (Å²) in [6.07, 6.45) is 1.02. The Morgan fingerprint density at radius 3 is 2.52 bits per heavy atom. The first-order chi connectivity index (χ1) is 16.1. The molecule has 4 aromatic rings. The van der Waals surface area contributed by atoms with E-state index in [1.54, 1.807) is 7.11 Å². The summed E-state index contributed by atoms with van der Waals surface area (Å²) in [5, 5.41) is 13.7. The Hall–Kier alpha value is -3.33. The molecular weight excluding hydrogens is 438 g/mol. The zero-order valence-electron chi connectivity index (χ0n) is 19.0. The van der Waals surface area contributed by atoms with Crippen molar-refractivity contribution in [1.29, 1.82) is 0 Å². The summed E-state index contributed by atoms with van der Waals surface area (Å²) in [6.45, 7) is 5.59. The highest BCUT2D eigenvalue weighted by molar-refractivity contribution is 7.98. The normalized spacial score (nSPS) is 11.2. The molecule has 0 unspecified atom stereocenters. The molecule has 2 aromatic carbocycles. The topological polar surface area (TPSA) is 88.1 Å². The molecule has 0 bridgehead atoms. The Morgan fingerprint density at radius 1 is 1.00 bits per heavy atom. The third-order valence-electron chi connectivity index (χ3n) is 4.98. The van der Waals surface area contributed by atoms with Crippen LogP contribution in [0.5, 0.6) is 11.5 Å². The predicted molar refractivity (Wildman–Crippen MR) is 126 cm³/mol. The monoisotopic (exact) mass is 465 g/mol. The van der Waals surface area contributed by atoms with Crippen molar-refractivity contribution >= 4 is 11.8 Å². The number of rotatable bonds is 11. The van der Waals surface area contributed by atoms with Gasteiger partial charge in [-0.15, -0.1) is 10.2 Å². The molecule has 0 aliphatic heterocycles. The molecule has 172 valence electrons. The molecule has 4 rings (SSSR count). The summed E-state index contributed by atoms with van der Waals surface area (Å²) < 4.78 is 18.7. The van der Waals surface area contributed by atoms with Crippen LogP contribution in [0, 0.1) is 5.92 Å². The highest BCUT2D eigenvalue weighted by Crippen LogP contribution is 2.25. The molecule has 0 N–H and O–H groups in total. The minimum absolute atomic E-state index is 0.359. The first-order valence-electron chi connectivity index (χ1n) is 10.8. The first kappa shape index (κ1) is 22.8. The fourth-order valence-electron chi connectivity index (χ4n) is 3.11. The third-order valence-corrected chi connectivity index (χ3v) is 5.93. The summed E-state index contributed by atoms with van der Waals surface area (Å²) >= 11 is 1.53. The maximum atomic E-state index is 5.90. The van der Waals surface area contributed by atoms with Gasteiger partial charge in [-0.3, -0.25) is 0 Å². The Labute approximate surface area is 197 Å². The number of hydrogen-bond donors (Lipinski definition) is 0. The van der Waals surface area contributed by atoms with E-state index in [2.05, 4.69) is 38.8 Å². The van der Waals surface area contributed by atoms with Crippen LogP contribution in [-0.2, 0) is 18.9 Å². The second kappa shape index (κ2) is 11.0. The number of para-hydroxylation sites is 1. The second-order valence-electron chi connectivity index (χ2n) is 7.86. The average molecular weight is 466 g/mol. The summed E-state index contributed by atoms with van der Waals surface area (Å²) in [4.78, 5) is 4.52. The van der Waals surface area contributed by atoms with E-state index < -0.39 is 0 Å². The van der Waals surface area contributed by atoms with Gasteiger partial charge in [0.05, 0.1) is 12.9 Å². The van der Waals surface area contributed by atoms with E-state index in [1.165, 1.54) is 11.8 Å². The Kier molecular flexibility index (Phi) is 7.62. The fraction of sp³-hybridized carbons (Fsp3) is 0.333. The molecule has 2 heterocycles. The van der Waals surface area contributed by atoms with Crippen molar-refractivity contribution in [3.8, 4) is 22.9 Å². The van der Waals surface area contributed by atoms with Crippen LogP contribution in [0.15, 0.2) is 64.3 Å². The lowest BCUT2D eigenvalue weighted by Crippen LogP contribution is -2.10. The molecule has 0 aliphatic carbocycles. The van der Waals surface area contributed by atoms with Gasteiger partial charge in [-0.25, -0.2) is 0 Å². The Bertz CT molecular complexity index is 1140. The predicted octanol–water partition coefficient (Wildman–Crippen LogP) is 5.25. The molecule has 0 saturated heterocycles. The van der Waals surface area contributed by atoms with Gasteiger partial charge in [0.1, 0.15) is 18.1 Å². The smallest absolute Gasteiger partial charge is 0.237 e. The lowest BCUT2D eigenvalue weighted by atomic mass is 10.1. The molecule has 0 fully saturated rings. The van der Waals surface area contributed by atoms with Crippen molar-refractivity contribution in [3.63, 3.8) is 0 Å². The molecule has 0 radical (unpaired) electrons. The van der Waals surface area contributed by atoms with Gasteiger partial charge in [-0.2, -0.15) is 4.98 Å². The van der Waals surface area contributed by atoms with Crippen molar-refractivity contribution in [2.45, 2.75) is 44.3 Å². The average Bonchev–Trinajstić information content (AvgIpc) is 3.47. The molecule has 0 spiro atoms. The summed E-state index contributed by atoms with van der Waals surface area (Å²) in [6, 6.07) is 17.3. The van der Waals surface area contributed by atoms with E-state index in [1.807, 2.05) is 54.6 Å². The molecule has 0 aliphatic rings. The first-order valence-corrected chi connectivity index (χ1v) is 11.8. The van der Waals surface area contributed by atoms with Gasteiger partial charge in [-0.1, -0.05) is 49.0 Å². The fourth-order valence-corrected chi connectivity index (χ4v) is 3.93. The molecule has 33 heavy (non-hydrogen) atoms. The summed E-state index contributed by atoms with van der Waals surface area (Å²) in [5.41, 5.74) is 0.872.